The second kappa shape index (κ2) is 5.78. The Bertz CT molecular complexity index is 589. The fraction of sp³-hybridized carbons (Fsp3) is 0.333. The molecule has 1 aliphatic rings. The molecule has 2 N–H and O–H groups in total. The quantitative estimate of drug-likeness (QED) is 0.892. The van der Waals surface area contributed by atoms with Gasteiger partial charge < -0.3 is 10.4 Å². The first-order valence-electron chi connectivity index (χ1n) is 7.31. The number of hydrogen-bond acceptors (Lipinski definition) is 2. The minimum absolute atomic E-state index is 0.524. The highest BCUT2D eigenvalue weighted by atomic mass is 16.3. The zero-order valence-electron chi connectivity index (χ0n) is 11.9. The number of rotatable bonds is 4. The molecule has 2 aromatic rings. The zero-order chi connectivity index (χ0) is 13.9. The van der Waals surface area contributed by atoms with Gasteiger partial charge in [0.25, 0.3) is 0 Å². The summed E-state index contributed by atoms with van der Waals surface area (Å²) in [5.74, 6) is 0. The van der Waals surface area contributed by atoms with Gasteiger partial charge in [-0.25, -0.2) is 0 Å². The molecule has 0 saturated carbocycles. The summed E-state index contributed by atoms with van der Waals surface area (Å²) in [4.78, 5) is 0. The van der Waals surface area contributed by atoms with Gasteiger partial charge in [0.1, 0.15) is 6.10 Å². The standard InChI is InChI=1S/C18H21NO/c1-19-12-13-5-7-15(8-6-13)18(20)17-10-9-14-3-2-4-16(14)11-17/h5-11,18-20H,2-4,12H2,1H3. The molecule has 0 radical (unpaired) electrons. The molecule has 1 atom stereocenters. The topological polar surface area (TPSA) is 32.3 Å². The summed E-state index contributed by atoms with van der Waals surface area (Å²) in [7, 11) is 1.94. The van der Waals surface area contributed by atoms with E-state index in [1.807, 2.05) is 19.2 Å². The van der Waals surface area contributed by atoms with Crippen LogP contribution in [0.5, 0.6) is 0 Å². The summed E-state index contributed by atoms with van der Waals surface area (Å²) >= 11 is 0. The van der Waals surface area contributed by atoms with Crippen molar-refractivity contribution in [1.82, 2.24) is 5.32 Å². The van der Waals surface area contributed by atoms with Crippen LogP contribution < -0.4 is 5.32 Å². The number of aryl methyl sites for hydroxylation is 2. The number of hydrogen-bond donors (Lipinski definition) is 2. The van der Waals surface area contributed by atoms with Gasteiger partial charge in [0.15, 0.2) is 0 Å². The van der Waals surface area contributed by atoms with Gasteiger partial charge in [-0.1, -0.05) is 42.5 Å². The lowest BCUT2D eigenvalue weighted by Crippen LogP contribution is -2.05. The molecule has 104 valence electrons. The van der Waals surface area contributed by atoms with Crippen LogP contribution in [0.2, 0.25) is 0 Å². The minimum Gasteiger partial charge on any atom is -0.384 e. The Kier molecular flexibility index (Phi) is 3.86. The molecule has 0 bridgehead atoms. The van der Waals surface area contributed by atoms with Gasteiger partial charge in [-0.3, -0.25) is 0 Å². The van der Waals surface area contributed by atoms with E-state index in [9.17, 15) is 5.11 Å². The molecule has 1 aliphatic carbocycles. The van der Waals surface area contributed by atoms with E-state index in [0.29, 0.717) is 0 Å². The Labute approximate surface area is 120 Å². The fourth-order valence-electron chi connectivity index (χ4n) is 2.98. The maximum Gasteiger partial charge on any atom is 0.104 e. The molecule has 20 heavy (non-hydrogen) atoms. The molecule has 0 aromatic heterocycles. The number of nitrogens with one attached hydrogen (secondary N) is 1. The number of aliphatic hydroxyl groups is 1. The Balaban J connectivity index is 1.82. The van der Waals surface area contributed by atoms with Crippen LogP contribution in [0.1, 0.15) is 40.3 Å². The third kappa shape index (κ3) is 2.62. The highest BCUT2D eigenvalue weighted by molar-refractivity contribution is 5.39. The second-order valence-corrected chi connectivity index (χ2v) is 5.56. The largest absolute Gasteiger partial charge is 0.384 e. The van der Waals surface area contributed by atoms with E-state index in [4.69, 9.17) is 0 Å². The van der Waals surface area contributed by atoms with Crippen LogP contribution in [-0.2, 0) is 19.4 Å². The lowest BCUT2D eigenvalue weighted by Gasteiger charge is -2.13. The van der Waals surface area contributed by atoms with Crippen molar-refractivity contribution in [2.75, 3.05) is 7.05 Å². The molecule has 1 unspecified atom stereocenters. The van der Waals surface area contributed by atoms with Crippen LogP contribution in [0.25, 0.3) is 0 Å². The number of aliphatic hydroxyl groups excluding tert-OH is 1. The summed E-state index contributed by atoms with van der Waals surface area (Å²) in [6, 6.07) is 14.6. The minimum atomic E-state index is -0.524. The molecule has 0 aliphatic heterocycles. The van der Waals surface area contributed by atoms with E-state index < -0.39 is 6.10 Å². The molecule has 2 nitrogen and oxygen atoms in total. The molecule has 0 heterocycles. The van der Waals surface area contributed by atoms with Crippen LogP contribution in [0.15, 0.2) is 42.5 Å². The summed E-state index contributed by atoms with van der Waals surface area (Å²) in [5.41, 5.74) is 6.06. The van der Waals surface area contributed by atoms with Crippen molar-refractivity contribution in [2.45, 2.75) is 31.9 Å². The van der Waals surface area contributed by atoms with E-state index in [0.717, 1.165) is 24.1 Å². The van der Waals surface area contributed by atoms with E-state index in [1.165, 1.54) is 29.5 Å². The van der Waals surface area contributed by atoms with Gasteiger partial charge in [0.2, 0.25) is 0 Å². The molecular weight excluding hydrogens is 246 g/mol. The fourth-order valence-corrected chi connectivity index (χ4v) is 2.98. The monoisotopic (exact) mass is 267 g/mol. The smallest absolute Gasteiger partial charge is 0.104 e. The van der Waals surface area contributed by atoms with Crippen LogP contribution in [0.3, 0.4) is 0 Å². The third-order valence-corrected chi connectivity index (χ3v) is 4.11. The van der Waals surface area contributed by atoms with Crippen LogP contribution in [0, 0.1) is 0 Å². The SMILES string of the molecule is CNCc1ccc(C(O)c2ccc3c(c2)CCC3)cc1. The molecule has 0 fully saturated rings. The average molecular weight is 267 g/mol. The van der Waals surface area contributed by atoms with Gasteiger partial charge in [-0.15, -0.1) is 0 Å². The van der Waals surface area contributed by atoms with E-state index in [1.54, 1.807) is 0 Å². The molecule has 0 spiro atoms. The van der Waals surface area contributed by atoms with Crippen molar-refractivity contribution < 1.29 is 5.11 Å². The number of fused-ring (bicyclic) bond motifs is 1. The van der Waals surface area contributed by atoms with Crippen molar-refractivity contribution in [3.8, 4) is 0 Å². The van der Waals surface area contributed by atoms with Crippen molar-refractivity contribution in [1.29, 1.82) is 0 Å². The van der Waals surface area contributed by atoms with Gasteiger partial charge >= 0.3 is 0 Å². The normalized spacial score (nSPS) is 15.1. The first-order valence-corrected chi connectivity index (χ1v) is 7.31. The molecule has 0 amide bonds. The second-order valence-electron chi connectivity index (χ2n) is 5.56. The Morgan fingerprint density at radius 1 is 1.00 bits per heavy atom. The summed E-state index contributed by atoms with van der Waals surface area (Å²) in [6.07, 6.45) is 3.05. The van der Waals surface area contributed by atoms with Crippen molar-refractivity contribution >= 4 is 0 Å². The zero-order valence-corrected chi connectivity index (χ0v) is 11.9. The Morgan fingerprint density at radius 3 is 2.45 bits per heavy atom. The van der Waals surface area contributed by atoms with Crippen LogP contribution >= 0.6 is 0 Å². The first kappa shape index (κ1) is 13.3. The van der Waals surface area contributed by atoms with E-state index >= 15 is 0 Å². The average Bonchev–Trinajstić information content (AvgIpc) is 2.95. The lowest BCUT2D eigenvalue weighted by molar-refractivity contribution is 0.220. The van der Waals surface area contributed by atoms with Crippen molar-refractivity contribution in [2.24, 2.45) is 0 Å². The summed E-state index contributed by atoms with van der Waals surface area (Å²) in [6.45, 7) is 0.856. The third-order valence-electron chi connectivity index (χ3n) is 4.11. The Hall–Kier alpha value is -1.64. The van der Waals surface area contributed by atoms with Crippen LogP contribution in [0.4, 0.5) is 0 Å². The van der Waals surface area contributed by atoms with E-state index in [2.05, 4.69) is 35.6 Å². The van der Waals surface area contributed by atoms with Gasteiger partial charge in [0.05, 0.1) is 0 Å². The van der Waals surface area contributed by atoms with E-state index in [-0.39, 0.29) is 0 Å². The predicted molar refractivity (Wildman–Crippen MR) is 81.7 cm³/mol. The molecule has 2 aromatic carbocycles. The van der Waals surface area contributed by atoms with Crippen LogP contribution in [-0.4, -0.2) is 12.2 Å². The van der Waals surface area contributed by atoms with Gasteiger partial charge in [-0.2, -0.15) is 0 Å². The molecule has 2 heteroatoms. The maximum atomic E-state index is 10.5. The van der Waals surface area contributed by atoms with Crippen molar-refractivity contribution in [3.05, 3.63) is 70.3 Å². The molecule has 0 saturated heterocycles. The highest BCUT2D eigenvalue weighted by Crippen LogP contribution is 2.28. The summed E-state index contributed by atoms with van der Waals surface area (Å²) in [5, 5.41) is 13.7. The Morgan fingerprint density at radius 2 is 1.70 bits per heavy atom. The number of benzene rings is 2. The maximum absolute atomic E-state index is 10.5. The highest BCUT2D eigenvalue weighted by Gasteiger charge is 2.15. The lowest BCUT2D eigenvalue weighted by atomic mass is 9.97. The van der Waals surface area contributed by atoms with Gasteiger partial charge in [-0.05, 0) is 54.1 Å². The first-order chi connectivity index (χ1) is 9.78. The molecule has 3 rings (SSSR count). The summed E-state index contributed by atoms with van der Waals surface area (Å²) < 4.78 is 0. The van der Waals surface area contributed by atoms with Crippen molar-refractivity contribution in [3.63, 3.8) is 0 Å². The predicted octanol–water partition coefficient (Wildman–Crippen LogP) is 2.98. The molecular formula is C18H21NO. The van der Waals surface area contributed by atoms with Gasteiger partial charge in [0, 0.05) is 6.54 Å².